The average molecular weight is 505 g/mol. The van der Waals surface area contributed by atoms with Gasteiger partial charge in [-0.2, -0.15) is 0 Å². The Kier molecular flexibility index (Phi) is 7.43. The van der Waals surface area contributed by atoms with Crippen molar-refractivity contribution in [2.24, 2.45) is 0 Å². The fraction of sp³-hybridized carbons (Fsp3) is 0.400. The van der Waals surface area contributed by atoms with Gasteiger partial charge in [-0.25, -0.2) is 9.37 Å². The Balaban J connectivity index is 1.77. The first-order chi connectivity index (χ1) is 16.3. The SMILES string of the molecule is CCC[C@H](C(=O)N1CCN(C(C)=O)CC1)n1c(Cc2ccccc2F)nc2cc(Cl)c(Cl)cc21. The Hall–Kier alpha value is -2.64. The van der Waals surface area contributed by atoms with E-state index in [0.29, 0.717) is 65.1 Å². The Morgan fingerprint density at radius 1 is 1.06 bits per heavy atom. The van der Waals surface area contributed by atoms with Crippen LogP contribution in [0.5, 0.6) is 0 Å². The molecule has 3 aromatic rings. The van der Waals surface area contributed by atoms with E-state index in [1.807, 2.05) is 11.5 Å². The quantitative estimate of drug-likeness (QED) is 0.468. The number of carbonyl (C=O) groups excluding carboxylic acids is 2. The van der Waals surface area contributed by atoms with Crippen molar-refractivity contribution in [2.75, 3.05) is 26.2 Å². The van der Waals surface area contributed by atoms with Gasteiger partial charge >= 0.3 is 0 Å². The van der Waals surface area contributed by atoms with Crippen LogP contribution in [-0.2, 0) is 16.0 Å². The number of fused-ring (bicyclic) bond motifs is 1. The van der Waals surface area contributed by atoms with Gasteiger partial charge in [-0.15, -0.1) is 0 Å². The summed E-state index contributed by atoms with van der Waals surface area (Å²) in [5, 5.41) is 0.737. The number of imidazole rings is 1. The van der Waals surface area contributed by atoms with Crippen molar-refractivity contribution >= 4 is 46.0 Å². The van der Waals surface area contributed by atoms with Gasteiger partial charge in [-0.3, -0.25) is 9.59 Å². The highest BCUT2D eigenvalue weighted by Gasteiger charge is 2.31. The van der Waals surface area contributed by atoms with Gasteiger partial charge in [-0.05, 0) is 30.2 Å². The molecule has 0 N–H and O–H groups in total. The minimum atomic E-state index is -0.530. The first kappa shape index (κ1) is 24.5. The maximum Gasteiger partial charge on any atom is 0.245 e. The molecule has 1 atom stereocenters. The van der Waals surface area contributed by atoms with Crippen molar-refractivity contribution in [1.82, 2.24) is 19.4 Å². The highest BCUT2D eigenvalue weighted by Crippen LogP contribution is 2.33. The minimum Gasteiger partial charge on any atom is -0.339 e. The molecule has 0 saturated carbocycles. The molecule has 0 spiro atoms. The highest BCUT2D eigenvalue weighted by molar-refractivity contribution is 6.42. The van der Waals surface area contributed by atoms with Crippen LogP contribution in [-0.4, -0.2) is 57.3 Å². The van der Waals surface area contributed by atoms with E-state index in [0.717, 1.165) is 6.42 Å². The summed E-state index contributed by atoms with van der Waals surface area (Å²) in [5.74, 6) is 0.227. The number of hydrogen-bond donors (Lipinski definition) is 0. The minimum absolute atomic E-state index is 0.0107. The molecular weight excluding hydrogens is 478 g/mol. The van der Waals surface area contributed by atoms with E-state index >= 15 is 0 Å². The van der Waals surface area contributed by atoms with E-state index in [2.05, 4.69) is 0 Å². The van der Waals surface area contributed by atoms with Gasteiger partial charge in [0, 0.05) is 39.5 Å². The van der Waals surface area contributed by atoms with E-state index in [1.54, 1.807) is 47.1 Å². The molecule has 4 rings (SSSR count). The number of halogens is 3. The molecule has 2 amide bonds. The van der Waals surface area contributed by atoms with Crippen LogP contribution < -0.4 is 0 Å². The average Bonchev–Trinajstić information content (AvgIpc) is 3.15. The Morgan fingerprint density at radius 2 is 1.71 bits per heavy atom. The van der Waals surface area contributed by atoms with Gasteiger partial charge in [0.2, 0.25) is 11.8 Å². The topological polar surface area (TPSA) is 58.4 Å². The molecule has 0 radical (unpaired) electrons. The van der Waals surface area contributed by atoms with Crippen molar-refractivity contribution < 1.29 is 14.0 Å². The lowest BCUT2D eigenvalue weighted by Gasteiger charge is -2.36. The number of nitrogens with zero attached hydrogens (tertiary/aromatic N) is 4. The summed E-state index contributed by atoms with van der Waals surface area (Å²) in [4.78, 5) is 33.8. The van der Waals surface area contributed by atoms with Crippen molar-refractivity contribution in [2.45, 2.75) is 39.2 Å². The zero-order valence-electron chi connectivity index (χ0n) is 19.2. The lowest BCUT2D eigenvalue weighted by Crippen LogP contribution is -2.51. The van der Waals surface area contributed by atoms with E-state index in [9.17, 15) is 14.0 Å². The molecule has 1 aliphatic heterocycles. The standard InChI is InChI=1S/C25H27Cl2FN4O2/c1-3-6-22(25(34)31-11-9-30(10-12-31)16(2)33)32-23-15-19(27)18(26)14-21(23)29-24(32)13-17-7-4-5-8-20(17)28/h4-5,7-8,14-15,22H,3,6,9-13H2,1-2H3/t22-/m1/s1. The second-order valence-corrected chi connectivity index (χ2v) is 9.37. The molecule has 1 aromatic heterocycles. The predicted octanol–water partition coefficient (Wildman–Crippen LogP) is 5.10. The molecule has 6 nitrogen and oxygen atoms in total. The second-order valence-electron chi connectivity index (χ2n) is 8.56. The van der Waals surface area contributed by atoms with Crippen LogP contribution in [0.15, 0.2) is 36.4 Å². The Bertz CT molecular complexity index is 1220. The van der Waals surface area contributed by atoms with Crippen LogP contribution in [0.2, 0.25) is 10.0 Å². The van der Waals surface area contributed by atoms with Crippen LogP contribution in [0.4, 0.5) is 4.39 Å². The molecule has 9 heteroatoms. The third kappa shape index (κ3) is 4.91. The second kappa shape index (κ2) is 10.3. The third-order valence-corrected chi connectivity index (χ3v) is 7.03. The summed E-state index contributed by atoms with van der Waals surface area (Å²) in [5.41, 5.74) is 1.79. The summed E-state index contributed by atoms with van der Waals surface area (Å²) < 4.78 is 16.4. The lowest BCUT2D eigenvalue weighted by molar-refractivity contribution is -0.140. The molecule has 0 unspecified atom stereocenters. The summed E-state index contributed by atoms with van der Waals surface area (Å²) in [6, 6.07) is 9.43. The molecule has 2 heterocycles. The number of aromatic nitrogens is 2. The number of benzene rings is 2. The summed E-state index contributed by atoms with van der Waals surface area (Å²) in [7, 11) is 0. The zero-order chi connectivity index (χ0) is 24.4. The van der Waals surface area contributed by atoms with Gasteiger partial charge in [-0.1, -0.05) is 54.7 Å². The third-order valence-electron chi connectivity index (χ3n) is 6.31. The molecule has 1 saturated heterocycles. The van der Waals surface area contributed by atoms with Crippen molar-refractivity contribution in [3.05, 3.63) is 63.6 Å². The van der Waals surface area contributed by atoms with E-state index in [-0.39, 0.29) is 24.1 Å². The Labute approximate surface area is 208 Å². The number of amides is 2. The van der Waals surface area contributed by atoms with Gasteiger partial charge in [0.05, 0.1) is 21.1 Å². The van der Waals surface area contributed by atoms with Crippen molar-refractivity contribution in [1.29, 1.82) is 0 Å². The van der Waals surface area contributed by atoms with Crippen molar-refractivity contribution in [3.63, 3.8) is 0 Å². The van der Waals surface area contributed by atoms with E-state index in [1.165, 1.54) is 6.07 Å². The molecular formula is C25H27Cl2FN4O2. The highest BCUT2D eigenvalue weighted by atomic mass is 35.5. The lowest BCUT2D eigenvalue weighted by atomic mass is 10.1. The van der Waals surface area contributed by atoms with Crippen LogP contribution >= 0.6 is 23.2 Å². The molecule has 1 aliphatic rings. The number of carbonyl (C=O) groups is 2. The molecule has 180 valence electrons. The maximum atomic E-state index is 14.5. The van der Waals surface area contributed by atoms with E-state index < -0.39 is 6.04 Å². The number of hydrogen-bond acceptors (Lipinski definition) is 3. The van der Waals surface area contributed by atoms with Crippen molar-refractivity contribution in [3.8, 4) is 0 Å². The van der Waals surface area contributed by atoms with Gasteiger partial charge in [0.25, 0.3) is 0 Å². The first-order valence-corrected chi connectivity index (χ1v) is 12.2. The fourth-order valence-corrected chi connectivity index (χ4v) is 4.83. The molecule has 34 heavy (non-hydrogen) atoms. The molecule has 2 aromatic carbocycles. The molecule has 0 bridgehead atoms. The number of piperazine rings is 1. The molecule has 1 fully saturated rings. The van der Waals surface area contributed by atoms with Gasteiger partial charge in [0.1, 0.15) is 17.7 Å². The van der Waals surface area contributed by atoms with Crippen LogP contribution in [0.25, 0.3) is 11.0 Å². The zero-order valence-corrected chi connectivity index (χ0v) is 20.7. The van der Waals surface area contributed by atoms with Gasteiger partial charge in [0.15, 0.2) is 0 Å². The summed E-state index contributed by atoms with van der Waals surface area (Å²) in [6.45, 7) is 5.52. The van der Waals surface area contributed by atoms with Crippen LogP contribution in [0.1, 0.15) is 44.1 Å². The monoisotopic (exact) mass is 504 g/mol. The predicted molar refractivity (Wildman–Crippen MR) is 132 cm³/mol. The summed E-state index contributed by atoms with van der Waals surface area (Å²) >= 11 is 12.6. The fourth-order valence-electron chi connectivity index (χ4n) is 4.51. The van der Waals surface area contributed by atoms with Crippen LogP contribution in [0.3, 0.4) is 0 Å². The largest absolute Gasteiger partial charge is 0.339 e. The van der Waals surface area contributed by atoms with E-state index in [4.69, 9.17) is 28.2 Å². The maximum absolute atomic E-state index is 14.5. The van der Waals surface area contributed by atoms with Crippen LogP contribution in [0, 0.1) is 5.82 Å². The first-order valence-electron chi connectivity index (χ1n) is 11.4. The summed E-state index contributed by atoms with van der Waals surface area (Å²) in [6.07, 6.45) is 1.58. The Morgan fingerprint density at radius 3 is 2.35 bits per heavy atom. The number of rotatable bonds is 6. The van der Waals surface area contributed by atoms with Gasteiger partial charge < -0.3 is 14.4 Å². The normalized spacial score (nSPS) is 15.1. The molecule has 0 aliphatic carbocycles. The smallest absolute Gasteiger partial charge is 0.245 e.